The van der Waals surface area contributed by atoms with E-state index in [-0.39, 0.29) is 0 Å². The van der Waals surface area contributed by atoms with Gasteiger partial charge in [0, 0.05) is 9.76 Å². The summed E-state index contributed by atoms with van der Waals surface area (Å²) in [6.07, 6.45) is 7.74. The molecule has 0 heterocycles. The first-order chi connectivity index (χ1) is 5.55. The Balaban J connectivity index is 2.72. The van der Waals surface area contributed by atoms with E-state index in [2.05, 4.69) is 19.2 Å². The summed E-state index contributed by atoms with van der Waals surface area (Å²) in [4.78, 5) is 9.85. The zero-order valence-corrected chi connectivity index (χ0v) is 12.6. The summed E-state index contributed by atoms with van der Waals surface area (Å²) in [5, 5.41) is 1.68. The molecule has 0 saturated heterocycles. The van der Waals surface area contributed by atoms with Crippen LogP contribution in [0.15, 0.2) is 11.3 Å². The molecule has 0 fully saturated rings. The molecule has 0 bridgehead atoms. The maximum absolute atomic E-state index is 9.85. The molecular weight excluding hydrogens is 196 g/mol. The standard InChI is InChI=1S/C8H20OSi3/c1-12(2,11(9)10)8-6-4-3-5-7-8/h6,9,11H,3-5,7H2,1-2,10H3. The Morgan fingerprint density at radius 3 is 2.58 bits per heavy atom. The molecule has 0 saturated carbocycles. The molecule has 1 aliphatic carbocycles. The molecule has 0 aromatic heterocycles. The maximum Gasteiger partial charge on any atom is 0.144 e. The zero-order chi connectivity index (χ0) is 9.19. The van der Waals surface area contributed by atoms with Crippen molar-refractivity contribution in [2.75, 3.05) is 0 Å². The van der Waals surface area contributed by atoms with Crippen molar-refractivity contribution in [3.8, 4) is 0 Å². The average Bonchev–Trinajstić information content (AvgIpc) is 2.06. The van der Waals surface area contributed by atoms with Gasteiger partial charge in [0.2, 0.25) is 0 Å². The normalized spacial score (nSPS) is 22.1. The molecule has 0 radical (unpaired) electrons. The largest absolute Gasteiger partial charge is 0.441 e. The molecule has 0 aromatic carbocycles. The molecule has 1 atom stereocenters. The van der Waals surface area contributed by atoms with Crippen LogP contribution in [0.2, 0.25) is 13.1 Å². The van der Waals surface area contributed by atoms with Crippen molar-refractivity contribution in [3.05, 3.63) is 11.3 Å². The van der Waals surface area contributed by atoms with E-state index in [1.54, 1.807) is 5.20 Å². The van der Waals surface area contributed by atoms with Crippen LogP contribution in [0, 0.1) is 0 Å². The van der Waals surface area contributed by atoms with Crippen LogP contribution in [0.25, 0.3) is 0 Å². The van der Waals surface area contributed by atoms with Gasteiger partial charge in [-0.05, 0) is 25.7 Å². The van der Waals surface area contributed by atoms with Gasteiger partial charge in [0.05, 0.1) is 7.59 Å². The fraction of sp³-hybridized carbons (Fsp3) is 0.750. The molecule has 1 aliphatic rings. The third-order valence-corrected chi connectivity index (χ3v) is 27.7. The lowest BCUT2D eigenvalue weighted by atomic mass is 10.1. The molecule has 70 valence electrons. The first-order valence-corrected chi connectivity index (χ1v) is 14.9. The molecule has 0 aromatic rings. The van der Waals surface area contributed by atoms with Gasteiger partial charge >= 0.3 is 0 Å². The van der Waals surface area contributed by atoms with Crippen LogP contribution in [0.3, 0.4) is 0 Å². The molecular formula is C8H20OSi3. The second-order valence-electron chi connectivity index (χ2n) is 4.37. The van der Waals surface area contributed by atoms with Gasteiger partial charge in [-0.2, -0.15) is 0 Å². The molecule has 1 unspecified atom stereocenters. The lowest BCUT2D eigenvalue weighted by Crippen LogP contribution is -2.49. The van der Waals surface area contributed by atoms with Crippen molar-refractivity contribution in [1.82, 2.24) is 0 Å². The number of rotatable bonds is 2. The van der Waals surface area contributed by atoms with E-state index in [0.717, 1.165) is 9.76 Å². The highest BCUT2D eigenvalue weighted by Gasteiger charge is 2.32. The van der Waals surface area contributed by atoms with Gasteiger partial charge in [0.1, 0.15) is 8.08 Å². The Morgan fingerprint density at radius 1 is 1.50 bits per heavy atom. The topological polar surface area (TPSA) is 20.2 Å². The third kappa shape index (κ3) is 2.19. The fourth-order valence-electron chi connectivity index (χ4n) is 1.69. The summed E-state index contributed by atoms with van der Waals surface area (Å²) in [6.45, 7) is 4.74. The van der Waals surface area contributed by atoms with Crippen molar-refractivity contribution in [2.24, 2.45) is 0 Å². The average molecular weight is 217 g/mol. The molecule has 1 rings (SSSR count). The molecule has 1 N–H and O–H groups in total. The van der Waals surface area contributed by atoms with Crippen molar-refractivity contribution < 1.29 is 4.80 Å². The minimum absolute atomic E-state index is 1.08. The van der Waals surface area contributed by atoms with Crippen molar-refractivity contribution in [3.63, 3.8) is 0 Å². The summed E-state index contributed by atoms with van der Waals surface area (Å²) < 4.78 is 0. The van der Waals surface area contributed by atoms with Gasteiger partial charge in [0.25, 0.3) is 0 Å². The summed E-state index contributed by atoms with van der Waals surface area (Å²) in [6, 6.07) is 0. The second kappa shape index (κ2) is 4.04. The zero-order valence-electron chi connectivity index (χ0n) is 8.43. The van der Waals surface area contributed by atoms with Crippen LogP contribution in [-0.2, 0) is 0 Å². The Labute approximate surface area is 80.6 Å². The van der Waals surface area contributed by atoms with Crippen LogP contribution < -0.4 is 0 Å². The lowest BCUT2D eigenvalue weighted by molar-refractivity contribution is 0.609. The van der Waals surface area contributed by atoms with E-state index in [1.807, 2.05) is 0 Å². The number of allylic oxidation sites excluding steroid dienone is 2. The van der Waals surface area contributed by atoms with Crippen LogP contribution in [0.1, 0.15) is 25.7 Å². The first-order valence-electron chi connectivity index (χ1n) is 4.92. The maximum atomic E-state index is 9.85. The fourth-order valence-corrected chi connectivity index (χ4v) is 9.45. The SMILES string of the molecule is C[Si](C)(C1=CCCCC1)[SiH](O)[SiH3]. The highest BCUT2D eigenvalue weighted by Crippen LogP contribution is 2.26. The minimum Gasteiger partial charge on any atom is -0.441 e. The van der Waals surface area contributed by atoms with Gasteiger partial charge in [0.15, 0.2) is 0 Å². The lowest BCUT2D eigenvalue weighted by Gasteiger charge is -2.30. The molecule has 0 aliphatic heterocycles. The smallest absolute Gasteiger partial charge is 0.144 e. The van der Waals surface area contributed by atoms with Gasteiger partial charge in [-0.15, -0.1) is 0 Å². The molecule has 12 heavy (non-hydrogen) atoms. The third-order valence-electron chi connectivity index (χ3n) is 3.16. The molecule has 1 nitrogen and oxygen atoms in total. The van der Waals surface area contributed by atoms with Gasteiger partial charge in [-0.3, -0.25) is 0 Å². The molecule has 0 amide bonds. The van der Waals surface area contributed by atoms with E-state index in [0.29, 0.717) is 0 Å². The minimum atomic E-state index is -1.26. The highest BCUT2D eigenvalue weighted by molar-refractivity contribution is 7.47. The Hall–Kier alpha value is 0.351. The van der Waals surface area contributed by atoms with Crippen LogP contribution >= 0.6 is 0 Å². The Morgan fingerprint density at radius 2 is 2.17 bits per heavy atom. The molecule has 0 spiro atoms. The highest BCUT2D eigenvalue weighted by atomic mass is 29.6. The number of hydrogen-bond acceptors (Lipinski definition) is 1. The quantitative estimate of drug-likeness (QED) is 0.662. The van der Waals surface area contributed by atoms with Crippen molar-refractivity contribution in [2.45, 2.75) is 38.8 Å². The van der Waals surface area contributed by atoms with Gasteiger partial charge in [-0.25, -0.2) is 0 Å². The van der Waals surface area contributed by atoms with Crippen molar-refractivity contribution >= 4 is 25.4 Å². The van der Waals surface area contributed by atoms with Crippen molar-refractivity contribution in [1.29, 1.82) is 0 Å². The van der Waals surface area contributed by atoms with Gasteiger partial charge < -0.3 is 4.80 Å². The predicted octanol–water partition coefficient (Wildman–Crippen LogP) is 0.391. The second-order valence-corrected chi connectivity index (χ2v) is 23.4. The van der Waals surface area contributed by atoms with E-state index >= 15 is 0 Å². The first kappa shape index (κ1) is 10.4. The van der Waals surface area contributed by atoms with Crippen LogP contribution in [0.5, 0.6) is 0 Å². The monoisotopic (exact) mass is 216 g/mol. The number of hydrogen-bond donors (Lipinski definition) is 1. The van der Waals surface area contributed by atoms with E-state index in [9.17, 15) is 4.80 Å². The van der Waals surface area contributed by atoms with Crippen LogP contribution in [0.4, 0.5) is 0 Å². The summed E-state index contributed by atoms with van der Waals surface area (Å²) in [5.74, 6) is 0. The van der Waals surface area contributed by atoms with E-state index in [1.165, 1.54) is 25.7 Å². The summed E-state index contributed by atoms with van der Waals surface area (Å²) >= 11 is 0. The Bertz CT molecular complexity index is 187. The predicted molar refractivity (Wildman–Crippen MR) is 63.3 cm³/mol. The van der Waals surface area contributed by atoms with Gasteiger partial charge in [-0.1, -0.05) is 24.4 Å². The van der Waals surface area contributed by atoms with Crippen LogP contribution in [-0.4, -0.2) is 30.2 Å². The summed E-state index contributed by atoms with van der Waals surface area (Å²) in [5.41, 5.74) is 0. The molecule has 4 heteroatoms. The Kier molecular flexibility index (Phi) is 3.51. The van der Waals surface area contributed by atoms with E-state index < -0.39 is 15.7 Å². The summed E-state index contributed by atoms with van der Waals surface area (Å²) in [7, 11) is -1.43. The van der Waals surface area contributed by atoms with E-state index in [4.69, 9.17) is 0 Å².